The van der Waals surface area contributed by atoms with Crippen molar-refractivity contribution in [3.8, 4) is 0 Å². The van der Waals surface area contributed by atoms with Crippen molar-refractivity contribution in [1.82, 2.24) is 24.8 Å². The van der Waals surface area contributed by atoms with Crippen molar-refractivity contribution in [2.24, 2.45) is 0 Å². The number of nitrogens with zero attached hydrogens (tertiary/aromatic N) is 5. The zero-order chi connectivity index (χ0) is 16.1. The van der Waals surface area contributed by atoms with Crippen molar-refractivity contribution in [1.29, 1.82) is 0 Å². The molecule has 2 aromatic heterocycles. The van der Waals surface area contributed by atoms with Crippen LogP contribution in [0.15, 0.2) is 36.9 Å². The quantitative estimate of drug-likeness (QED) is 0.903. The molecule has 1 aliphatic rings. The fraction of sp³-hybridized carbons (Fsp3) is 0.375. The first kappa shape index (κ1) is 15.4. The second-order valence-electron chi connectivity index (χ2n) is 5.61. The Kier molecular flexibility index (Phi) is 4.77. The zero-order valence-corrected chi connectivity index (χ0v) is 13.1. The number of aromatic nitrogens is 3. The Morgan fingerprint density at radius 3 is 2.57 bits per heavy atom. The summed E-state index contributed by atoms with van der Waals surface area (Å²) in [5.74, 6) is 0.501. The van der Waals surface area contributed by atoms with Gasteiger partial charge in [0.25, 0.3) is 5.91 Å². The molecule has 1 N–H and O–H groups in total. The van der Waals surface area contributed by atoms with Crippen LogP contribution in [0.3, 0.4) is 0 Å². The van der Waals surface area contributed by atoms with Gasteiger partial charge in [-0.3, -0.25) is 9.78 Å². The normalized spacial score (nSPS) is 15.4. The van der Waals surface area contributed by atoms with Gasteiger partial charge in [0.1, 0.15) is 0 Å². The van der Waals surface area contributed by atoms with Crippen LogP contribution in [0.4, 0.5) is 5.95 Å². The van der Waals surface area contributed by atoms with Gasteiger partial charge < -0.3 is 15.1 Å². The van der Waals surface area contributed by atoms with Gasteiger partial charge in [-0.1, -0.05) is 6.07 Å². The Morgan fingerprint density at radius 2 is 1.91 bits per heavy atom. The van der Waals surface area contributed by atoms with E-state index in [1.165, 1.54) is 0 Å². The number of likely N-dealkylation sites (N-methyl/N-ethyl adjacent to an activating group) is 1. The molecule has 0 radical (unpaired) electrons. The number of anilines is 1. The maximum absolute atomic E-state index is 12.4. The summed E-state index contributed by atoms with van der Waals surface area (Å²) in [6.07, 6.45) is 6.69. The zero-order valence-electron chi connectivity index (χ0n) is 13.1. The molecule has 3 heterocycles. The highest BCUT2D eigenvalue weighted by molar-refractivity contribution is 5.93. The molecule has 23 heavy (non-hydrogen) atoms. The Labute approximate surface area is 135 Å². The van der Waals surface area contributed by atoms with E-state index in [1.807, 2.05) is 17.0 Å². The average Bonchev–Trinajstić information content (AvgIpc) is 2.61. The summed E-state index contributed by atoms with van der Waals surface area (Å²) in [6.45, 7) is 3.89. The van der Waals surface area contributed by atoms with Crippen LogP contribution < -0.4 is 5.32 Å². The minimum atomic E-state index is -0.00286. The molecule has 7 heteroatoms. The van der Waals surface area contributed by atoms with Crippen LogP contribution in [0.5, 0.6) is 0 Å². The SMILES string of the molecule is CN1CCN(C(=O)c2cnc(NCc3cccnc3)nc2)CC1. The molecule has 0 spiro atoms. The highest BCUT2D eigenvalue weighted by atomic mass is 16.2. The smallest absolute Gasteiger partial charge is 0.257 e. The predicted octanol–water partition coefficient (Wildman–Crippen LogP) is 0.871. The van der Waals surface area contributed by atoms with Crippen LogP contribution in [0.25, 0.3) is 0 Å². The second kappa shape index (κ2) is 7.15. The van der Waals surface area contributed by atoms with Gasteiger partial charge in [0, 0.05) is 57.5 Å². The van der Waals surface area contributed by atoms with Crippen LogP contribution in [0.2, 0.25) is 0 Å². The molecule has 0 atom stereocenters. The molecule has 120 valence electrons. The fourth-order valence-electron chi connectivity index (χ4n) is 2.41. The maximum Gasteiger partial charge on any atom is 0.257 e. The summed E-state index contributed by atoms with van der Waals surface area (Å²) in [7, 11) is 2.06. The third-order valence-electron chi connectivity index (χ3n) is 3.86. The monoisotopic (exact) mass is 312 g/mol. The van der Waals surface area contributed by atoms with E-state index < -0.39 is 0 Å². The molecule has 0 unspecified atom stereocenters. The molecular weight excluding hydrogens is 292 g/mol. The largest absolute Gasteiger partial charge is 0.350 e. The molecule has 0 bridgehead atoms. The molecule has 1 amide bonds. The lowest BCUT2D eigenvalue weighted by Gasteiger charge is -2.32. The van der Waals surface area contributed by atoms with Crippen molar-refractivity contribution in [2.45, 2.75) is 6.54 Å². The van der Waals surface area contributed by atoms with Crippen LogP contribution in [-0.2, 0) is 6.54 Å². The number of nitrogens with one attached hydrogen (secondary N) is 1. The van der Waals surface area contributed by atoms with E-state index in [9.17, 15) is 4.79 Å². The average molecular weight is 312 g/mol. The molecule has 0 aromatic carbocycles. The number of carbonyl (C=O) groups excluding carboxylic acids is 1. The number of rotatable bonds is 4. The van der Waals surface area contributed by atoms with Crippen molar-refractivity contribution < 1.29 is 4.79 Å². The van der Waals surface area contributed by atoms with Crippen molar-refractivity contribution in [3.63, 3.8) is 0 Å². The van der Waals surface area contributed by atoms with E-state index in [0.29, 0.717) is 18.1 Å². The van der Waals surface area contributed by atoms with Gasteiger partial charge in [0.15, 0.2) is 0 Å². The molecule has 1 fully saturated rings. The van der Waals surface area contributed by atoms with E-state index in [1.54, 1.807) is 24.8 Å². The third kappa shape index (κ3) is 4.01. The Morgan fingerprint density at radius 1 is 1.17 bits per heavy atom. The molecule has 1 saturated heterocycles. The first-order valence-electron chi connectivity index (χ1n) is 7.65. The van der Waals surface area contributed by atoms with Gasteiger partial charge in [-0.15, -0.1) is 0 Å². The number of hydrogen-bond donors (Lipinski definition) is 1. The van der Waals surface area contributed by atoms with E-state index in [4.69, 9.17) is 0 Å². The van der Waals surface area contributed by atoms with Gasteiger partial charge in [0.05, 0.1) is 5.56 Å². The lowest BCUT2D eigenvalue weighted by Crippen LogP contribution is -2.47. The first-order chi connectivity index (χ1) is 11.2. The minimum Gasteiger partial charge on any atom is -0.350 e. The first-order valence-corrected chi connectivity index (χ1v) is 7.65. The molecule has 1 aliphatic heterocycles. The number of amides is 1. The summed E-state index contributed by atoms with van der Waals surface area (Å²) in [5, 5.41) is 3.12. The minimum absolute atomic E-state index is 0.00286. The number of carbonyl (C=O) groups is 1. The fourth-order valence-corrected chi connectivity index (χ4v) is 2.41. The summed E-state index contributed by atoms with van der Waals surface area (Å²) in [6, 6.07) is 3.86. The summed E-state index contributed by atoms with van der Waals surface area (Å²) in [5.41, 5.74) is 1.58. The molecular formula is C16H20N6O. The van der Waals surface area contributed by atoms with Crippen molar-refractivity contribution in [2.75, 3.05) is 38.5 Å². The van der Waals surface area contributed by atoms with E-state index in [0.717, 1.165) is 31.7 Å². The van der Waals surface area contributed by atoms with E-state index >= 15 is 0 Å². The Hall–Kier alpha value is -2.54. The van der Waals surface area contributed by atoms with Crippen LogP contribution >= 0.6 is 0 Å². The summed E-state index contributed by atoms with van der Waals surface area (Å²) in [4.78, 5) is 29.0. The molecule has 0 aliphatic carbocycles. The topological polar surface area (TPSA) is 74.2 Å². The number of hydrogen-bond acceptors (Lipinski definition) is 6. The van der Waals surface area contributed by atoms with Crippen LogP contribution in [-0.4, -0.2) is 63.9 Å². The number of pyridine rings is 1. The third-order valence-corrected chi connectivity index (χ3v) is 3.86. The highest BCUT2D eigenvalue weighted by Crippen LogP contribution is 2.08. The molecule has 3 rings (SSSR count). The molecule has 0 saturated carbocycles. The number of piperazine rings is 1. The van der Waals surface area contributed by atoms with Gasteiger partial charge in [0.2, 0.25) is 5.95 Å². The highest BCUT2D eigenvalue weighted by Gasteiger charge is 2.20. The van der Waals surface area contributed by atoms with Crippen LogP contribution in [0, 0.1) is 0 Å². The summed E-state index contributed by atoms with van der Waals surface area (Å²) < 4.78 is 0. The van der Waals surface area contributed by atoms with Gasteiger partial charge in [-0.25, -0.2) is 9.97 Å². The summed E-state index contributed by atoms with van der Waals surface area (Å²) >= 11 is 0. The standard InChI is InChI=1S/C16H20N6O/c1-21-5-7-22(8-6-21)15(23)14-11-19-16(20-12-14)18-10-13-3-2-4-17-9-13/h2-4,9,11-12H,5-8,10H2,1H3,(H,18,19,20). The van der Waals surface area contributed by atoms with Crippen LogP contribution in [0.1, 0.15) is 15.9 Å². The van der Waals surface area contributed by atoms with Crippen molar-refractivity contribution in [3.05, 3.63) is 48.0 Å². The van der Waals surface area contributed by atoms with Crippen molar-refractivity contribution >= 4 is 11.9 Å². The Bertz CT molecular complexity index is 637. The second-order valence-corrected chi connectivity index (χ2v) is 5.61. The van der Waals surface area contributed by atoms with Gasteiger partial charge in [-0.05, 0) is 18.7 Å². The lowest BCUT2D eigenvalue weighted by atomic mass is 10.2. The molecule has 7 nitrogen and oxygen atoms in total. The predicted molar refractivity (Wildman–Crippen MR) is 87.0 cm³/mol. The lowest BCUT2D eigenvalue weighted by molar-refractivity contribution is 0.0663. The van der Waals surface area contributed by atoms with Gasteiger partial charge >= 0.3 is 0 Å². The van der Waals surface area contributed by atoms with Gasteiger partial charge in [-0.2, -0.15) is 0 Å². The van der Waals surface area contributed by atoms with E-state index in [2.05, 4.69) is 32.2 Å². The Balaban J connectivity index is 1.57. The van der Waals surface area contributed by atoms with E-state index in [-0.39, 0.29) is 5.91 Å². The maximum atomic E-state index is 12.4. The molecule has 2 aromatic rings.